The first-order chi connectivity index (χ1) is 16.6. The molecule has 0 radical (unpaired) electrons. The van der Waals surface area contributed by atoms with E-state index in [-0.39, 0.29) is 36.4 Å². The number of methoxy groups -OCH3 is 2. The molecule has 12 heteroatoms. The van der Waals surface area contributed by atoms with Gasteiger partial charge in [-0.1, -0.05) is 11.6 Å². The predicted octanol–water partition coefficient (Wildman–Crippen LogP) is 3.04. The van der Waals surface area contributed by atoms with Gasteiger partial charge in [-0.25, -0.2) is 8.42 Å². The molecule has 2 aliphatic rings. The molecule has 1 saturated heterocycles. The lowest BCUT2D eigenvalue weighted by molar-refractivity contribution is -0.121. The summed E-state index contributed by atoms with van der Waals surface area (Å²) in [5, 5.41) is 5.78. The van der Waals surface area contributed by atoms with Gasteiger partial charge in [0.1, 0.15) is 17.2 Å². The second-order valence-corrected chi connectivity index (χ2v) is 10.6. The molecule has 35 heavy (non-hydrogen) atoms. The Hall–Kier alpha value is -3.02. The average Bonchev–Trinajstić information content (AvgIpc) is 2.83. The van der Waals surface area contributed by atoms with Crippen molar-refractivity contribution in [3.05, 3.63) is 34.9 Å². The summed E-state index contributed by atoms with van der Waals surface area (Å²) in [5.41, 5.74) is 1.27. The van der Waals surface area contributed by atoms with Crippen molar-refractivity contribution in [2.75, 3.05) is 44.5 Å². The summed E-state index contributed by atoms with van der Waals surface area (Å²) in [7, 11) is -0.973. The van der Waals surface area contributed by atoms with E-state index < -0.39 is 15.9 Å². The van der Waals surface area contributed by atoms with Crippen molar-refractivity contribution in [3.8, 4) is 17.2 Å². The van der Waals surface area contributed by atoms with Crippen molar-refractivity contribution in [2.45, 2.75) is 24.7 Å². The van der Waals surface area contributed by atoms with E-state index in [4.69, 9.17) is 25.8 Å². The van der Waals surface area contributed by atoms with Gasteiger partial charge in [0.2, 0.25) is 15.9 Å². The molecule has 2 amide bonds. The standard InChI is InChI=1S/C23H26ClN3O7S/c1-13-7-16-20(34-12-22(28)25-16)10-21(13)35(30,31)27-6-4-5-14(11-27)23(29)26-17-8-15(24)18(32-2)9-19(17)33-3/h7-10,14H,4-6,11-12H2,1-3H3,(H,25,28)(H,26,29)/t14-/m0/s1. The van der Waals surface area contributed by atoms with Crippen LogP contribution in [0, 0.1) is 12.8 Å². The largest absolute Gasteiger partial charge is 0.495 e. The van der Waals surface area contributed by atoms with E-state index in [2.05, 4.69) is 10.6 Å². The minimum absolute atomic E-state index is 0.0223. The smallest absolute Gasteiger partial charge is 0.262 e. The monoisotopic (exact) mass is 523 g/mol. The number of fused-ring (bicyclic) bond motifs is 1. The van der Waals surface area contributed by atoms with Crippen molar-refractivity contribution < 1.29 is 32.2 Å². The molecule has 0 bridgehead atoms. The van der Waals surface area contributed by atoms with E-state index in [0.29, 0.717) is 52.1 Å². The molecule has 2 N–H and O–H groups in total. The molecule has 0 unspecified atom stereocenters. The molecule has 2 heterocycles. The Labute approximate surface area is 208 Å². The first-order valence-electron chi connectivity index (χ1n) is 10.9. The van der Waals surface area contributed by atoms with Crippen LogP contribution in [0.25, 0.3) is 0 Å². The molecule has 2 aliphatic heterocycles. The summed E-state index contributed by atoms with van der Waals surface area (Å²) in [5.74, 6) is -0.136. The first-order valence-corrected chi connectivity index (χ1v) is 12.8. The van der Waals surface area contributed by atoms with E-state index in [9.17, 15) is 18.0 Å². The summed E-state index contributed by atoms with van der Waals surface area (Å²) in [6.07, 6.45) is 1.05. The van der Waals surface area contributed by atoms with Gasteiger partial charge in [-0.2, -0.15) is 4.31 Å². The lowest BCUT2D eigenvalue weighted by Crippen LogP contribution is -2.44. The number of aryl methyl sites for hydroxylation is 1. The molecule has 0 spiro atoms. The second-order valence-electron chi connectivity index (χ2n) is 8.33. The number of hydrogen-bond donors (Lipinski definition) is 2. The Morgan fingerprint density at radius 3 is 2.66 bits per heavy atom. The molecule has 0 aliphatic carbocycles. The summed E-state index contributed by atoms with van der Waals surface area (Å²) in [6.45, 7) is 1.79. The highest BCUT2D eigenvalue weighted by atomic mass is 35.5. The van der Waals surface area contributed by atoms with E-state index >= 15 is 0 Å². The maximum absolute atomic E-state index is 13.5. The number of carbonyl (C=O) groups is 2. The summed E-state index contributed by atoms with van der Waals surface area (Å²) in [6, 6.07) is 6.10. The molecule has 2 aromatic carbocycles. The maximum atomic E-state index is 13.5. The zero-order chi connectivity index (χ0) is 25.3. The van der Waals surface area contributed by atoms with Crippen molar-refractivity contribution in [3.63, 3.8) is 0 Å². The number of nitrogens with zero attached hydrogens (tertiary/aromatic N) is 1. The van der Waals surface area contributed by atoms with Crippen LogP contribution in [0.5, 0.6) is 17.2 Å². The SMILES string of the molecule is COc1cc(OC)c(NC(=O)[C@H]2CCCN(S(=O)(=O)c3cc4c(cc3C)NC(=O)CO4)C2)cc1Cl. The van der Waals surface area contributed by atoms with Crippen LogP contribution in [-0.2, 0) is 19.6 Å². The van der Waals surface area contributed by atoms with Gasteiger partial charge in [-0.3, -0.25) is 9.59 Å². The molecule has 1 fully saturated rings. The predicted molar refractivity (Wildman–Crippen MR) is 130 cm³/mol. The first kappa shape index (κ1) is 25.1. The van der Waals surface area contributed by atoms with Crippen molar-refractivity contribution in [1.29, 1.82) is 0 Å². The fourth-order valence-electron chi connectivity index (χ4n) is 4.20. The van der Waals surface area contributed by atoms with Gasteiger partial charge in [0.25, 0.3) is 5.91 Å². The van der Waals surface area contributed by atoms with E-state index in [1.807, 2.05) is 0 Å². The molecular formula is C23H26ClN3O7S. The Balaban J connectivity index is 1.54. The number of anilines is 2. The van der Waals surface area contributed by atoms with Gasteiger partial charge < -0.3 is 24.8 Å². The average molecular weight is 524 g/mol. The Morgan fingerprint density at radius 1 is 1.20 bits per heavy atom. The topological polar surface area (TPSA) is 123 Å². The molecule has 0 aromatic heterocycles. The van der Waals surface area contributed by atoms with Gasteiger partial charge in [-0.05, 0) is 37.5 Å². The number of sulfonamides is 1. The number of amides is 2. The number of hydrogen-bond acceptors (Lipinski definition) is 7. The van der Waals surface area contributed by atoms with Gasteiger partial charge in [-0.15, -0.1) is 0 Å². The molecule has 188 valence electrons. The highest BCUT2D eigenvalue weighted by molar-refractivity contribution is 7.89. The van der Waals surface area contributed by atoms with Crippen molar-refractivity contribution in [2.24, 2.45) is 5.92 Å². The molecule has 2 aromatic rings. The number of ether oxygens (including phenoxy) is 3. The van der Waals surface area contributed by atoms with Crippen LogP contribution in [-0.4, -0.2) is 58.5 Å². The minimum Gasteiger partial charge on any atom is -0.495 e. The number of benzene rings is 2. The molecule has 10 nitrogen and oxygen atoms in total. The van der Waals surface area contributed by atoms with Crippen LogP contribution in [0.1, 0.15) is 18.4 Å². The van der Waals surface area contributed by atoms with Crippen molar-refractivity contribution in [1.82, 2.24) is 4.31 Å². The summed E-state index contributed by atoms with van der Waals surface area (Å²) < 4.78 is 44.2. The van der Waals surface area contributed by atoms with Crippen LogP contribution in [0.3, 0.4) is 0 Å². The van der Waals surface area contributed by atoms with Gasteiger partial charge >= 0.3 is 0 Å². The van der Waals surface area contributed by atoms with E-state index in [1.54, 1.807) is 19.1 Å². The number of piperidine rings is 1. The lowest BCUT2D eigenvalue weighted by Gasteiger charge is -2.32. The van der Waals surface area contributed by atoms with Crippen molar-refractivity contribution >= 4 is 44.8 Å². The lowest BCUT2D eigenvalue weighted by atomic mass is 9.98. The zero-order valence-corrected chi connectivity index (χ0v) is 21.1. The molecule has 0 saturated carbocycles. The third-order valence-corrected chi connectivity index (χ3v) is 8.32. The molecular weight excluding hydrogens is 498 g/mol. The molecule has 1 atom stereocenters. The van der Waals surface area contributed by atoms with Gasteiger partial charge in [0.15, 0.2) is 6.61 Å². The minimum atomic E-state index is -3.91. The highest BCUT2D eigenvalue weighted by Crippen LogP contribution is 2.37. The van der Waals surface area contributed by atoms with Crippen LogP contribution >= 0.6 is 11.6 Å². The Bertz CT molecular complexity index is 1280. The summed E-state index contributed by atoms with van der Waals surface area (Å²) >= 11 is 6.20. The maximum Gasteiger partial charge on any atom is 0.262 e. The number of nitrogens with one attached hydrogen (secondary N) is 2. The van der Waals surface area contributed by atoms with Gasteiger partial charge in [0.05, 0.1) is 41.4 Å². The summed E-state index contributed by atoms with van der Waals surface area (Å²) in [4.78, 5) is 24.7. The van der Waals surface area contributed by atoms with Crippen LogP contribution in [0.2, 0.25) is 5.02 Å². The van der Waals surface area contributed by atoms with Crippen LogP contribution in [0.4, 0.5) is 11.4 Å². The number of halogens is 1. The van der Waals surface area contributed by atoms with Crippen LogP contribution in [0.15, 0.2) is 29.2 Å². The quantitative estimate of drug-likeness (QED) is 0.596. The van der Waals surface area contributed by atoms with Gasteiger partial charge in [0, 0.05) is 25.2 Å². The highest BCUT2D eigenvalue weighted by Gasteiger charge is 2.35. The second kappa shape index (κ2) is 9.92. The zero-order valence-electron chi connectivity index (χ0n) is 19.5. The third-order valence-electron chi connectivity index (χ3n) is 6.01. The van der Waals surface area contributed by atoms with E-state index in [1.165, 1.54) is 30.7 Å². The van der Waals surface area contributed by atoms with Crippen LogP contribution < -0.4 is 24.8 Å². The normalized spacial score (nSPS) is 18.2. The Kier molecular flexibility index (Phi) is 7.11. The fraction of sp³-hybridized carbons (Fsp3) is 0.391. The van der Waals surface area contributed by atoms with E-state index in [0.717, 1.165) is 0 Å². The molecule has 4 rings (SSSR count). The fourth-order valence-corrected chi connectivity index (χ4v) is 6.19. The number of rotatable bonds is 6. The third kappa shape index (κ3) is 5.02. The Morgan fingerprint density at radius 2 is 1.94 bits per heavy atom. The number of carbonyl (C=O) groups excluding carboxylic acids is 2.